The summed E-state index contributed by atoms with van der Waals surface area (Å²) in [6.07, 6.45) is 0. The predicted octanol–water partition coefficient (Wildman–Crippen LogP) is -0.419. The van der Waals surface area contributed by atoms with Crippen molar-refractivity contribution in [3.63, 3.8) is 0 Å². The molecular weight excluding hydrogens is 191 g/mol. The fraction of sp³-hybridized carbons (Fsp3) is 0. The van der Waals surface area contributed by atoms with Gasteiger partial charge in [0, 0.05) is 0 Å². The van der Waals surface area contributed by atoms with Crippen LogP contribution in [0.3, 0.4) is 0 Å². The number of imidazole rings is 1. The molecule has 1 aromatic rings. The molecule has 0 aliphatic heterocycles. The summed E-state index contributed by atoms with van der Waals surface area (Å²) in [5, 5.41) is 8.82. The average Bonchev–Trinajstić information content (AvgIpc) is 2.08. The number of rotatable bonds is 1. The first-order chi connectivity index (χ1) is 4.91. The fourth-order valence-electron chi connectivity index (χ4n) is 0.576. The zero-order valence-electron chi connectivity index (χ0n) is 5.11. The van der Waals surface area contributed by atoms with Gasteiger partial charge in [0.15, 0.2) is 10.2 Å². The Kier molecular flexibility index (Phi) is 1.89. The van der Waals surface area contributed by atoms with E-state index in [0.29, 0.717) is 0 Å². The lowest BCUT2D eigenvalue weighted by Gasteiger charge is -1.98. The first kappa shape index (κ1) is 8.48. The van der Waals surface area contributed by atoms with Gasteiger partial charge in [0.2, 0.25) is 5.88 Å². The van der Waals surface area contributed by atoms with Gasteiger partial charge in [0.25, 0.3) is 0 Å². The molecule has 0 aromatic carbocycles. The quantitative estimate of drug-likeness (QED) is 0.309. The van der Waals surface area contributed by atoms with Crippen LogP contribution in [0, 0.1) is 4.77 Å². The molecule has 0 saturated carbocycles. The summed E-state index contributed by atoms with van der Waals surface area (Å²) in [6.45, 7) is 0. The molecule has 0 atom stereocenters. The minimum atomic E-state index is -4.44. The fourth-order valence-corrected chi connectivity index (χ4v) is 1.44. The van der Waals surface area contributed by atoms with Gasteiger partial charge in [-0.05, 0) is 12.2 Å². The van der Waals surface area contributed by atoms with E-state index >= 15 is 0 Å². The molecule has 62 valence electrons. The van der Waals surface area contributed by atoms with Gasteiger partial charge in [0.05, 0.1) is 0 Å². The molecule has 5 N–H and O–H groups in total. The molecule has 1 rings (SSSR count). The van der Waals surface area contributed by atoms with Crippen molar-refractivity contribution in [2.24, 2.45) is 0 Å². The van der Waals surface area contributed by atoms with Gasteiger partial charge in [-0.25, -0.2) is 0 Å². The zero-order valence-corrected chi connectivity index (χ0v) is 6.82. The highest BCUT2D eigenvalue weighted by molar-refractivity contribution is 7.71. The molecule has 11 heavy (non-hydrogen) atoms. The summed E-state index contributed by atoms with van der Waals surface area (Å²) in [5.41, 5.74) is -0.581. The summed E-state index contributed by atoms with van der Waals surface area (Å²) in [6, 6.07) is 0. The minimum Gasteiger partial charge on any atom is -0.493 e. The third-order valence-corrected chi connectivity index (χ3v) is 2.09. The second-order valence-electron chi connectivity index (χ2n) is 1.82. The first-order valence-corrected chi connectivity index (χ1v) is 4.50. The van der Waals surface area contributed by atoms with E-state index in [2.05, 4.69) is 22.2 Å². The van der Waals surface area contributed by atoms with Crippen LogP contribution in [0.4, 0.5) is 0 Å². The molecule has 0 unspecified atom stereocenters. The summed E-state index contributed by atoms with van der Waals surface area (Å²) < 4.78 is 10.5. The molecular formula is C3H5N2O4PS. The maximum Gasteiger partial charge on any atom is 0.377 e. The molecule has 1 heterocycles. The Balaban J connectivity index is 3.36. The molecule has 8 heteroatoms. The Bertz CT molecular complexity index is 362. The normalized spacial score (nSPS) is 11.8. The van der Waals surface area contributed by atoms with Crippen LogP contribution in [-0.4, -0.2) is 24.9 Å². The minimum absolute atomic E-state index is 0.0270. The Hall–Kier alpha value is -0.620. The van der Waals surface area contributed by atoms with Crippen molar-refractivity contribution >= 4 is 25.2 Å². The molecule has 6 nitrogen and oxygen atoms in total. The number of H-pyrrole nitrogens is 2. The van der Waals surface area contributed by atoms with Crippen molar-refractivity contribution in [1.82, 2.24) is 9.97 Å². The molecule has 0 fully saturated rings. The van der Waals surface area contributed by atoms with E-state index in [1.807, 2.05) is 0 Å². The molecule has 0 bridgehead atoms. The highest BCUT2D eigenvalue weighted by Crippen LogP contribution is 2.35. The van der Waals surface area contributed by atoms with Gasteiger partial charge >= 0.3 is 7.60 Å². The van der Waals surface area contributed by atoms with Gasteiger partial charge < -0.3 is 24.9 Å². The summed E-state index contributed by atoms with van der Waals surface area (Å²) in [7, 11) is -4.44. The highest BCUT2D eigenvalue weighted by Gasteiger charge is 2.23. The van der Waals surface area contributed by atoms with Crippen molar-refractivity contribution in [3.8, 4) is 5.88 Å². The summed E-state index contributed by atoms with van der Waals surface area (Å²) >= 11 is 4.47. The Morgan fingerprint density at radius 2 is 1.91 bits per heavy atom. The van der Waals surface area contributed by atoms with Crippen molar-refractivity contribution < 1.29 is 19.5 Å². The maximum absolute atomic E-state index is 10.5. The van der Waals surface area contributed by atoms with Gasteiger partial charge in [-0.1, -0.05) is 0 Å². The Labute approximate surface area is 66.1 Å². The topological polar surface area (TPSA) is 109 Å². The lowest BCUT2D eigenvalue weighted by atomic mass is 10.9. The van der Waals surface area contributed by atoms with Crippen LogP contribution in [0.15, 0.2) is 0 Å². The van der Waals surface area contributed by atoms with Crippen LogP contribution >= 0.6 is 19.8 Å². The summed E-state index contributed by atoms with van der Waals surface area (Å²) in [5.74, 6) is -0.622. The van der Waals surface area contributed by atoms with E-state index in [9.17, 15) is 4.57 Å². The molecule has 0 radical (unpaired) electrons. The lowest BCUT2D eigenvalue weighted by Crippen LogP contribution is -2.04. The van der Waals surface area contributed by atoms with E-state index in [0.717, 1.165) is 0 Å². The van der Waals surface area contributed by atoms with Crippen LogP contribution in [-0.2, 0) is 4.57 Å². The predicted molar refractivity (Wildman–Crippen MR) is 39.3 cm³/mol. The van der Waals surface area contributed by atoms with Gasteiger partial charge in [-0.2, -0.15) is 0 Å². The smallest absolute Gasteiger partial charge is 0.377 e. The molecule has 0 aliphatic carbocycles. The number of aromatic nitrogens is 2. The Morgan fingerprint density at radius 3 is 2.09 bits per heavy atom. The van der Waals surface area contributed by atoms with Crippen molar-refractivity contribution in [2.75, 3.05) is 0 Å². The number of hydrogen-bond acceptors (Lipinski definition) is 3. The number of aromatic hydroxyl groups is 1. The number of hydrogen-bond donors (Lipinski definition) is 5. The molecule has 0 spiro atoms. The average molecular weight is 196 g/mol. The van der Waals surface area contributed by atoms with Crippen LogP contribution in [0.2, 0.25) is 0 Å². The summed E-state index contributed by atoms with van der Waals surface area (Å²) in [4.78, 5) is 21.3. The lowest BCUT2D eigenvalue weighted by molar-refractivity contribution is 0.383. The van der Waals surface area contributed by atoms with Crippen LogP contribution in [0.25, 0.3) is 0 Å². The molecule has 0 saturated heterocycles. The second-order valence-corrected chi connectivity index (χ2v) is 3.76. The third kappa shape index (κ3) is 1.69. The van der Waals surface area contributed by atoms with E-state index in [4.69, 9.17) is 14.9 Å². The molecule has 0 amide bonds. The highest BCUT2D eigenvalue weighted by atomic mass is 32.1. The second kappa shape index (κ2) is 2.46. The third-order valence-electron chi connectivity index (χ3n) is 0.979. The largest absolute Gasteiger partial charge is 0.493 e. The SMILES string of the molecule is O=P(O)(O)c1[nH]c(=S)[nH]c1O. The van der Waals surface area contributed by atoms with Crippen LogP contribution < -0.4 is 5.44 Å². The zero-order chi connectivity index (χ0) is 8.65. The number of nitrogens with one attached hydrogen (secondary N) is 2. The van der Waals surface area contributed by atoms with Crippen molar-refractivity contribution in [2.45, 2.75) is 0 Å². The first-order valence-electron chi connectivity index (χ1n) is 2.48. The van der Waals surface area contributed by atoms with Gasteiger partial charge in [-0.3, -0.25) is 4.57 Å². The monoisotopic (exact) mass is 196 g/mol. The Morgan fingerprint density at radius 1 is 1.36 bits per heavy atom. The standard InChI is InChI=1S/C3H5N2O4PS/c6-1-2(10(7,8)9)5-3(11)4-1/h6H,(H2,4,5,11)(H2,7,8,9). The number of aromatic amines is 2. The van der Waals surface area contributed by atoms with E-state index in [1.165, 1.54) is 0 Å². The van der Waals surface area contributed by atoms with E-state index < -0.39 is 18.9 Å². The molecule has 1 aromatic heterocycles. The van der Waals surface area contributed by atoms with Gasteiger partial charge in [0.1, 0.15) is 0 Å². The van der Waals surface area contributed by atoms with E-state index in [-0.39, 0.29) is 4.77 Å². The van der Waals surface area contributed by atoms with Crippen LogP contribution in [0.1, 0.15) is 0 Å². The van der Waals surface area contributed by atoms with E-state index in [1.54, 1.807) is 0 Å². The maximum atomic E-state index is 10.5. The molecule has 0 aliphatic rings. The van der Waals surface area contributed by atoms with Crippen molar-refractivity contribution in [3.05, 3.63) is 4.77 Å². The van der Waals surface area contributed by atoms with Crippen molar-refractivity contribution in [1.29, 1.82) is 0 Å². The van der Waals surface area contributed by atoms with Gasteiger partial charge in [-0.15, -0.1) is 0 Å². The van der Waals surface area contributed by atoms with Crippen LogP contribution in [0.5, 0.6) is 5.88 Å².